The molecule has 5 nitrogen and oxygen atoms in total. The first-order valence-electron chi connectivity index (χ1n) is 8.21. The van der Waals surface area contributed by atoms with Gasteiger partial charge in [0.25, 0.3) is 11.8 Å². The Bertz CT molecular complexity index is 794. The molecule has 0 radical (unpaired) electrons. The Labute approximate surface area is 163 Å². The maximum Gasteiger partial charge on any atom is 0.282 e. The molecule has 0 aliphatic heterocycles. The van der Waals surface area contributed by atoms with E-state index in [1.165, 1.54) is 0 Å². The molecule has 3 N–H and O–H groups in total. The van der Waals surface area contributed by atoms with Crippen LogP contribution in [-0.2, 0) is 9.59 Å². The van der Waals surface area contributed by atoms with E-state index in [0.29, 0.717) is 15.7 Å². The van der Waals surface area contributed by atoms with E-state index >= 15 is 0 Å². The number of hydrogen-bond donors (Lipinski definition) is 3. The number of halogens is 2. The highest BCUT2D eigenvalue weighted by Crippen LogP contribution is 2.25. The predicted octanol–water partition coefficient (Wildman–Crippen LogP) is 2.78. The minimum Gasteiger partial charge on any atom is -0.321 e. The van der Waals surface area contributed by atoms with Gasteiger partial charge in [0.1, 0.15) is 0 Å². The van der Waals surface area contributed by atoms with Crippen LogP contribution in [-0.4, -0.2) is 31.4 Å². The summed E-state index contributed by atoms with van der Waals surface area (Å²) in [7, 11) is 1.79. The Morgan fingerprint density at radius 1 is 1.08 bits per heavy atom. The van der Waals surface area contributed by atoms with E-state index in [4.69, 9.17) is 23.2 Å². The van der Waals surface area contributed by atoms with Crippen LogP contribution in [0.15, 0.2) is 42.5 Å². The number of hydrogen-bond acceptors (Lipinski definition) is 2. The van der Waals surface area contributed by atoms with E-state index in [0.717, 1.165) is 16.2 Å². The van der Waals surface area contributed by atoms with Crippen LogP contribution in [0.1, 0.15) is 12.5 Å². The topological polar surface area (TPSA) is 62.6 Å². The van der Waals surface area contributed by atoms with Crippen molar-refractivity contribution in [1.82, 2.24) is 0 Å². The van der Waals surface area contributed by atoms with Crippen molar-refractivity contribution in [2.24, 2.45) is 0 Å². The molecule has 1 unspecified atom stereocenters. The molecular weight excluding hydrogens is 373 g/mol. The first kappa shape index (κ1) is 20.2. The Morgan fingerprint density at radius 2 is 1.73 bits per heavy atom. The van der Waals surface area contributed by atoms with Crippen molar-refractivity contribution in [1.29, 1.82) is 0 Å². The molecule has 2 atom stereocenters. The quantitative estimate of drug-likeness (QED) is 0.705. The zero-order chi connectivity index (χ0) is 19.3. The van der Waals surface area contributed by atoms with Crippen molar-refractivity contribution in [3.8, 4) is 0 Å². The maximum absolute atomic E-state index is 12.4. The van der Waals surface area contributed by atoms with Gasteiger partial charge in [0.2, 0.25) is 0 Å². The fraction of sp³-hybridized carbons (Fsp3) is 0.263. The van der Waals surface area contributed by atoms with E-state index in [1.54, 1.807) is 32.2 Å². The molecule has 2 aromatic rings. The molecular formula is C19H22Cl2N3O2+. The Morgan fingerprint density at radius 3 is 2.35 bits per heavy atom. The number of amides is 2. The zero-order valence-corrected chi connectivity index (χ0v) is 16.4. The van der Waals surface area contributed by atoms with Crippen LogP contribution in [0.4, 0.5) is 11.4 Å². The van der Waals surface area contributed by atoms with Crippen LogP contribution in [0.25, 0.3) is 0 Å². The lowest BCUT2D eigenvalue weighted by atomic mass is 10.2. The van der Waals surface area contributed by atoms with Crippen LogP contribution in [0, 0.1) is 6.92 Å². The van der Waals surface area contributed by atoms with Crippen molar-refractivity contribution >= 4 is 46.4 Å². The van der Waals surface area contributed by atoms with Gasteiger partial charge in [-0.05, 0) is 44.2 Å². The van der Waals surface area contributed by atoms with Gasteiger partial charge in [0, 0.05) is 10.7 Å². The molecule has 0 fully saturated rings. The summed E-state index contributed by atoms with van der Waals surface area (Å²) < 4.78 is 0. The van der Waals surface area contributed by atoms with Gasteiger partial charge in [0.15, 0.2) is 12.6 Å². The molecule has 2 aromatic carbocycles. The van der Waals surface area contributed by atoms with Gasteiger partial charge >= 0.3 is 0 Å². The highest BCUT2D eigenvalue weighted by atomic mass is 35.5. The number of carbonyl (C=O) groups excluding carboxylic acids is 2. The summed E-state index contributed by atoms with van der Waals surface area (Å²) in [5.74, 6) is -0.384. The minimum atomic E-state index is -0.439. The van der Waals surface area contributed by atoms with Crippen molar-refractivity contribution in [2.45, 2.75) is 19.9 Å². The number of carbonyl (C=O) groups is 2. The van der Waals surface area contributed by atoms with Crippen molar-refractivity contribution in [2.75, 3.05) is 24.2 Å². The lowest BCUT2D eigenvalue weighted by Gasteiger charge is -2.21. The SMILES string of the molecule is Cc1ccc(NC(=O)C[NH+](C)[C@H](C)C(=O)Nc2ccc(Cl)cc2Cl)cc1. The van der Waals surface area contributed by atoms with E-state index in [9.17, 15) is 9.59 Å². The summed E-state index contributed by atoms with van der Waals surface area (Å²) in [5.41, 5.74) is 2.35. The molecule has 138 valence electrons. The van der Waals surface area contributed by atoms with E-state index in [-0.39, 0.29) is 18.4 Å². The van der Waals surface area contributed by atoms with E-state index in [1.807, 2.05) is 31.2 Å². The smallest absolute Gasteiger partial charge is 0.282 e. The number of nitrogens with one attached hydrogen (secondary N) is 3. The van der Waals surface area contributed by atoms with Crippen LogP contribution < -0.4 is 15.5 Å². The summed E-state index contributed by atoms with van der Waals surface area (Å²) in [6, 6.07) is 12.0. The van der Waals surface area contributed by atoms with Gasteiger partial charge in [-0.25, -0.2) is 0 Å². The number of likely N-dealkylation sites (N-methyl/N-ethyl adjacent to an activating group) is 1. The number of anilines is 2. The third-order valence-corrected chi connectivity index (χ3v) is 4.64. The van der Waals surface area contributed by atoms with Gasteiger partial charge in [-0.1, -0.05) is 40.9 Å². The van der Waals surface area contributed by atoms with Crippen LogP contribution in [0.5, 0.6) is 0 Å². The summed E-state index contributed by atoms with van der Waals surface area (Å²) in [6.07, 6.45) is 0. The van der Waals surface area contributed by atoms with Crippen molar-refractivity contribution in [3.63, 3.8) is 0 Å². The average molecular weight is 395 g/mol. The molecule has 0 bridgehead atoms. The Kier molecular flexibility index (Phi) is 7.03. The molecule has 2 amide bonds. The van der Waals surface area contributed by atoms with Crippen molar-refractivity contribution in [3.05, 3.63) is 58.1 Å². The molecule has 0 aliphatic rings. The second-order valence-corrected chi connectivity index (χ2v) is 7.12. The summed E-state index contributed by atoms with van der Waals surface area (Å²) in [4.78, 5) is 25.4. The lowest BCUT2D eigenvalue weighted by molar-refractivity contribution is -0.885. The first-order valence-corrected chi connectivity index (χ1v) is 8.96. The van der Waals surface area contributed by atoms with Crippen LogP contribution in [0.2, 0.25) is 10.0 Å². The fourth-order valence-corrected chi connectivity index (χ4v) is 2.76. The average Bonchev–Trinajstić information content (AvgIpc) is 2.58. The zero-order valence-electron chi connectivity index (χ0n) is 14.9. The first-order chi connectivity index (χ1) is 12.3. The van der Waals surface area contributed by atoms with Gasteiger partial charge in [-0.3, -0.25) is 9.59 Å². The second-order valence-electron chi connectivity index (χ2n) is 6.27. The lowest BCUT2D eigenvalue weighted by Crippen LogP contribution is -3.14. The highest BCUT2D eigenvalue weighted by molar-refractivity contribution is 6.36. The van der Waals surface area contributed by atoms with Crippen LogP contribution in [0.3, 0.4) is 0 Å². The third-order valence-electron chi connectivity index (χ3n) is 4.10. The summed E-state index contributed by atoms with van der Waals surface area (Å²) in [5, 5.41) is 6.46. The Balaban J connectivity index is 1.90. The molecule has 7 heteroatoms. The van der Waals surface area contributed by atoms with Gasteiger partial charge in [0.05, 0.1) is 17.8 Å². The Hall–Kier alpha value is -2.08. The largest absolute Gasteiger partial charge is 0.321 e. The number of quaternary nitrogens is 1. The molecule has 0 saturated carbocycles. The molecule has 2 rings (SSSR count). The molecule has 0 aromatic heterocycles. The number of aryl methyl sites for hydroxylation is 1. The second kappa shape index (κ2) is 9.03. The number of rotatable bonds is 6. The fourth-order valence-electron chi connectivity index (χ4n) is 2.30. The highest BCUT2D eigenvalue weighted by Gasteiger charge is 2.24. The van der Waals surface area contributed by atoms with Gasteiger partial charge in [-0.15, -0.1) is 0 Å². The standard InChI is InChI=1S/C19H21Cl2N3O2/c1-12-4-7-15(8-5-12)22-18(25)11-24(3)13(2)19(26)23-17-9-6-14(20)10-16(17)21/h4-10,13H,11H2,1-3H3,(H,22,25)(H,23,26)/p+1/t13-/m1/s1. The third kappa shape index (κ3) is 5.73. The maximum atomic E-state index is 12.4. The van der Waals surface area contributed by atoms with E-state index in [2.05, 4.69) is 10.6 Å². The van der Waals surface area contributed by atoms with Crippen LogP contribution >= 0.6 is 23.2 Å². The molecule has 0 saturated heterocycles. The van der Waals surface area contributed by atoms with Gasteiger partial charge < -0.3 is 15.5 Å². The molecule has 0 aliphatic carbocycles. The summed E-state index contributed by atoms with van der Waals surface area (Å²) >= 11 is 11.9. The monoisotopic (exact) mass is 394 g/mol. The minimum absolute atomic E-state index is 0.157. The molecule has 0 spiro atoms. The summed E-state index contributed by atoms with van der Waals surface area (Å²) in [6.45, 7) is 3.90. The van der Waals surface area contributed by atoms with E-state index < -0.39 is 6.04 Å². The van der Waals surface area contributed by atoms with Gasteiger partial charge in [-0.2, -0.15) is 0 Å². The number of benzene rings is 2. The normalized spacial score (nSPS) is 13.0. The molecule has 26 heavy (non-hydrogen) atoms. The van der Waals surface area contributed by atoms with Crippen molar-refractivity contribution < 1.29 is 14.5 Å². The molecule has 0 heterocycles. The predicted molar refractivity (Wildman–Crippen MR) is 106 cm³/mol.